The minimum atomic E-state index is -1.86. The lowest BCUT2D eigenvalue weighted by Crippen LogP contribution is -2.26. The van der Waals surface area contributed by atoms with Gasteiger partial charge in [-0.05, 0) is 49.5 Å². The molecule has 0 bridgehead atoms. The number of rotatable bonds is 2. The Labute approximate surface area is 92.2 Å². The van der Waals surface area contributed by atoms with Crippen LogP contribution in [0.1, 0.15) is 24.3 Å². The van der Waals surface area contributed by atoms with Gasteiger partial charge in [-0.1, -0.05) is 12.1 Å². The second-order valence-corrected chi connectivity index (χ2v) is 4.82. The van der Waals surface area contributed by atoms with Crippen LogP contribution < -0.4 is 5.32 Å². The predicted molar refractivity (Wildman–Crippen MR) is 60.3 cm³/mol. The van der Waals surface area contributed by atoms with E-state index in [1.165, 1.54) is 5.56 Å². The summed E-state index contributed by atoms with van der Waals surface area (Å²) in [7, 11) is 0. The number of hydrogen-bond acceptors (Lipinski definition) is 2. The lowest BCUT2D eigenvalue weighted by Gasteiger charge is -2.23. The van der Waals surface area contributed by atoms with Crippen molar-refractivity contribution < 1.29 is 8.76 Å². The van der Waals surface area contributed by atoms with Gasteiger partial charge in [0.2, 0.25) is 0 Å². The molecule has 1 aliphatic heterocycles. The Kier molecular flexibility index (Phi) is 3.51. The molecule has 1 unspecified atom stereocenters. The largest absolute Gasteiger partial charge is 0.317 e. The Morgan fingerprint density at radius 2 is 2.07 bits per heavy atom. The van der Waals surface area contributed by atoms with E-state index in [-0.39, 0.29) is 0 Å². The molecule has 1 heterocycles. The van der Waals surface area contributed by atoms with Gasteiger partial charge in [-0.15, -0.1) is 0 Å². The second kappa shape index (κ2) is 4.88. The maximum Gasteiger partial charge on any atom is 0.186 e. The van der Waals surface area contributed by atoms with E-state index in [9.17, 15) is 4.21 Å². The van der Waals surface area contributed by atoms with Crippen LogP contribution in [-0.4, -0.2) is 21.9 Å². The average molecular weight is 225 g/mol. The van der Waals surface area contributed by atoms with Gasteiger partial charge in [0.1, 0.15) is 0 Å². The molecule has 1 atom stereocenters. The molecule has 4 heteroatoms. The van der Waals surface area contributed by atoms with Crippen molar-refractivity contribution in [1.29, 1.82) is 0 Å². The van der Waals surface area contributed by atoms with Crippen LogP contribution in [0.2, 0.25) is 0 Å². The molecule has 2 rings (SSSR count). The van der Waals surface area contributed by atoms with Crippen molar-refractivity contribution in [3.05, 3.63) is 29.8 Å². The van der Waals surface area contributed by atoms with Gasteiger partial charge in [0.15, 0.2) is 11.1 Å². The van der Waals surface area contributed by atoms with Gasteiger partial charge in [-0.2, -0.15) is 0 Å². The van der Waals surface area contributed by atoms with E-state index in [0.717, 1.165) is 25.9 Å². The molecule has 0 amide bonds. The Bertz CT molecular complexity index is 361. The number of hydrogen-bond donors (Lipinski definition) is 2. The Hall–Kier alpha value is -0.710. The van der Waals surface area contributed by atoms with Crippen LogP contribution in [0.5, 0.6) is 0 Å². The molecule has 0 aliphatic carbocycles. The molecule has 82 valence electrons. The average Bonchev–Trinajstić information content (AvgIpc) is 2.30. The normalized spacial score (nSPS) is 20.1. The zero-order valence-corrected chi connectivity index (χ0v) is 9.30. The van der Waals surface area contributed by atoms with Gasteiger partial charge in [0.05, 0.1) is 4.90 Å². The van der Waals surface area contributed by atoms with E-state index < -0.39 is 11.1 Å². The summed E-state index contributed by atoms with van der Waals surface area (Å²) in [5.74, 6) is 0.537. The highest BCUT2D eigenvalue weighted by molar-refractivity contribution is 7.79. The quantitative estimate of drug-likeness (QED) is 0.754. The fourth-order valence-corrected chi connectivity index (χ4v) is 2.46. The summed E-state index contributed by atoms with van der Waals surface area (Å²) in [5, 5.41) is 3.31. The molecule has 2 N–H and O–H groups in total. The zero-order chi connectivity index (χ0) is 10.7. The smallest absolute Gasteiger partial charge is 0.186 e. The molecular weight excluding hydrogens is 210 g/mol. The van der Waals surface area contributed by atoms with E-state index >= 15 is 0 Å². The van der Waals surface area contributed by atoms with Crippen LogP contribution in [0.4, 0.5) is 0 Å². The predicted octanol–water partition coefficient (Wildman–Crippen LogP) is 1.73. The van der Waals surface area contributed by atoms with Crippen molar-refractivity contribution in [3.8, 4) is 0 Å². The summed E-state index contributed by atoms with van der Waals surface area (Å²) < 4.78 is 19.9. The van der Waals surface area contributed by atoms with E-state index in [1.807, 2.05) is 18.2 Å². The van der Waals surface area contributed by atoms with Gasteiger partial charge in [0, 0.05) is 0 Å². The molecular formula is C11H15NO2S. The fourth-order valence-electron chi connectivity index (χ4n) is 2.03. The van der Waals surface area contributed by atoms with Crippen molar-refractivity contribution in [2.45, 2.75) is 23.7 Å². The van der Waals surface area contributed by atoms with E-state index in [1.54, 1.807) is 6.07 Å². The number of nitrogens with one attached hydrogen (secondary N) is 1. The summed E-state index contributed by atoms with van der Waals surface area (Å²) in [5.41, 5.74) is 1.19. The first-order chi connectivity index (χ1) is 7.27. The van der Waals surface area contributed by atoms with Crippen molar-refractivity contribution in [2.75, 3.05) is 13.1 Å². The minimum absolute atomic E-state index is 0.506. The van der Waals surface area contributed by atoms with Crippen LogP contribution in [0.3, 0.4) is 0 Å². The lowest BCUT2D eigenvalue weighted by molar-refractivity contribution is 0.460. The van der Waals surface area contributed by atoms with Crippen LogP contribution in [0.25, 0.3) is 0 Å². The summed E-state index contributed by atoms with van der Waals surface area (Å²) in [6.45, 7) is 2.08. The monoisotopic (exact) mass is 225 g/mol. The van der Waals surface area contributed by atoms with Crippen molar-refractivity contribution >= 4 is 11.1 Å². The lowest BCUT2D eigenvalue weighted by atomic mass is 9.90. The minimum Gasteiger partial charge on any atom is -0.317 e. The first-order valence-corrected chi connectivity index (χ1v) is 6.29. The summed E-state index contributed by atoms with van der Waals surface area (Å²) >= 11 is -1.86. The molecule has 1 aromatic carbocycles. The second-order valence-electron chi connectivity index (χ2n) is 3.85. The molecule has 0 spiro atoms. The third kappa shape index (κ3) is 2.65. The van der Waals surface area contributed by atoms with Gasteiger partial charge < -0.3 is 9.87 Å². The summed E-state index contributed by atoms with van der Waals surface area (Å²) in [6, 6.07) is 7.46. The van der Waals surface area contributed by atoms with Crippen LogP contribution >= 0.6 is 0 Å². The Morgan fingerprint density at radius 1 is 1.33 bits per heavy atom. The molecule has 3 nitrogen and oxygen atoms in total. The SMILES string of the molecule is O=S(O)c1cccc(C2CCNCC2)c1. The van der Waals surface area contributed by atoms with Crippen LogP contribution in [-0.2, 0) is 11.1 Å². The third-order valence-corrected chi connectivity index (χ3v) is 3.53. The molecule has 1 saturated heterocycles. The third-order valence-electron chi connectivity index (χ3n) is 2.87. The van der Waals surface area contributed by atoms with E-state index in [2.05, 4.69) is 5.32 Å². The zero-order valence-electron chi connectivity index (χ0n) is 8.48. The summed E-state index contributed by atoms with van der Waals surface area (Å²) in [6.07, 6.45) is 2.23. The highest BCUT2D eigenvalue weighted by Gasteiger charge is 2.15. The Balaban J connectivity index is 2.19. The van der Waals surface area contributed by atoms with Crippen LogP contribution in [0, 0.1) is 0 Å². The van der Waals surface area contributed by atoms with Crippen molar-refractivity contribution in [1.82, 2.24) is 5.32 Å². The van der Waals surface area contributed by atoms with Gasteiger partial charge in [-0.3, -0.25) is 0 Å². The van der Waals surface area contributed by atoms with Gasteiger partial charge in [-0.25, -0.2) is 4.21 Å². The highest BCUT2D eigenvalue weighted by atomic mass is 32.2. The molecule has 0 saturated carbocycles. The maximum absolute atomic E-state index is 10.9. The molecule has 15 heavy (non-hydrogen) atoms. The fraction of sp³-hybridized carbons (Fsp3) is 0.455. The van der Waals surface area contributed by atoms with Crippen molar-refractivity contribution in [2.24, 2.45) is 0 Å². The standard InChI is InChI=1S/C11H15NO2S/c13-15(14)11-3-1-2-10(8-11)9-4-6-12-7-5-9/h1-3,8-9,12H,4-7H2,(H,13,14). The Morgan fingerprint density at radius 3 is 2.73 bits per heavy atom. The topological polar surface area (TPSA) is 49.3 Å². The summed E-state index contributed by atoms with van der Waals surface area (Å²) in [4.78, 5) is 0.506. The number of piperidine rings is 1. The first kappa shape index (κ1) is 10.8. The molecule has 0 aromatic heterocycles. The van der Waals surface area contributed by atoms with Crippen molar-refractivity contribution in [3.63, 3.8) is 0 Å². The molecule has 0 radical (unpaired) electrons. The van der Waals surface area contributed by atoms with Crippen LogP contribution in [0.15, 0.2) is 29.2 Å². The number of benzene rings is 1. The van der Waals surface area contributed by atoms with Gasteiger partial charge >= 0.3 is 0 Å². The first-order valence-electron chi connectivity index (χ1n) is 5.19. The highest BCUT2D eigenvalue weighted by Crippen LogP contribution is 2.26. The van der Waals surface area contributed by atoms with E-state index in [4.69, 9.17) is 4.55 Å². The molecule has 1 aliphatic rings. The molecule has 1 fully saturated rings. The molecule has 1 aromatic rings. The maximum atomic E-state index is 10.9. The van der Waals surface area contributed by atoms with Gasteiger partial charge in [0.25, 0.3) is 0 Å². The van der Waals surface area contributed by atoms with E-state index in [0.29, 0.717) is 10.8 Å².